The molecular formula is C15H14ClN3. The van der Waals surface area contributed by atoms with Gasteiger partial charge in [0.1, 0.15) is 0 Å². The molecule has 0 saturated carbocycles. The smallest absolute Gasteiger partial charge is 0.201 e. The van der Waals surface area contributed by atoms with E-state index in [1.807, 2.05) is 18.2 Å². The van der Waals surface area contributed by atoms with E-state index in [9.17, 15) is 0 Å². The van der Waals surface area contributed by atoms with E-state index >= 15 is 0 Å². The lowest BCUT2D eigenvalue weighted by Crippen LogP contribution is -2.00. The van der Waals surface area contributed by atoms with Gasteiger partial charge in [0.05, 0.1) is 11.0 Å². The van der Waals surface area contributed by atoms with E-state index in [4.69, 9.17) is 11.6 Å². The molecule has 0 unspecified atom stereocenters. The van der Waals surface area contributed by atoms with Crippen LogP contribution in [-0.2, 0) is 6.54 Å². The summed E-state index contributed by atoms with van der Waals surface area (Å²) in [5, 5.41) is 3.98. The second-order valence-corrected chi connectivity index (χ2v) is 5.02. The molecule has 0 bridgehead atoms. The molecule has 0 spiro atoms. The van der Waals surface area contributed by atoms with Crippen LogP contribution in [0, 0.1) is 6.92 Å². The first-order chi connectivity index (χ1) is 9.20. The van der Waals surface area contributed by atoms with Crippen molar-refractivity contribution in [2.24, 2.45) is 0 Å². The summed E-state index contributed by atoms with van der Waals surface area (Å²) in [6.07, 6.45) is 0. The summed E-state index contributed by atoms with van der Waals surface area (Å²) in [5.74, 6) is 0.762. The Morgan fingerprint density at radius 1 is 1.16 bits per heavy atom. The number of nitrogens with zero attached hydrogens (tertiary/aromatic N) is 1. The van der Waals surface area contributed by atoms with Crippen molar-refractivity contribution in [2.75, 3.05) is 5.32 Å². The van der Waals surface area contributed by atoms with Crippen LogP contribution in [0.4, 0.5) is 5.95 Å². The lowest BCUT2D eigenvalue weighted by atomic mass is 10.1. The molecule has 0 aliphatic rings. The molecule has 3 nitrogen and oxygen atoms in total. The van der Waals surface area contributed by atoms with Crippen molar-refractivity contribution in [1.29, 1.82) is 0 Å². The summed E-state index contributed by atoms with van der Waals surface area (Å²) in [7, 11) is 0. The van der Waals surface area contributed by atoms with E-state index in [1.54, 1.807) is 0 Å². The van der Waals surface area contributed by atoms with Gasteiger partial charge in [0, 0.05) is 11.6 Å². The molecule has 3 rings (SSSR count). The van der Waals surface area contributed by atoms with Crippen molar-refractivity contribution >= 4 is 28.6 Å². The standard InChI is InChI=1S/C15H14ClN3/c1-10-2-4-11(5-3-10)9-17-15-18-13-7-6-12(16)8-14(13)19-15/h2-8H,9H2,1H3,(H2,17,18,19). The van der Waals surface area contributed by atoms with E-state index in [0.29, 0.717) is 5.02 Å². The lowest BCUT2D eigenvalue weighted by molar-refractivity contribution is 1.10. The predicted octanol–water partition coefficient (Wildman–Crippen LogP) is 4.14. The average molecular weight is 272 g/mol. The van der Waals surface area contributed by atoms with Crippen molar-refractivity contribution < 1.29 is 0 Å². The van der Waals surface area contributed by atoms with Crippen LogP contribution in [0.15, 0.2) is 42.5 Å². The van der Waals surface area contributed by atoms with Gasteiger partial charge < -0.3 is 10.3 Å². The highest BCUT2D eigenvalue weighted by Gasteiger charge is 2.02. The normalized spacial score (nSPS) is 10.8. The number of benzene rings is 2. The third-order valence-corrected chi connectivity index (χ3v) is 3.26. The zero-order chi connectivity index (χ0) is 13.2. The molecule has 0 aliphatic carbocycles. The fraction of sp³-hybridized carbons (Fsp3) is 0.133. The molecule has 0 atom stereocenters. The monoisotopic (exact) mass is 271 g/mol. The van der Waals surface area contributed by atoms with Crippen LogP contribution in [-0.4, -0.2) is 9.97 Å². The van der Waals surface area contributed by atoms with E-state index in [2.05, 4.69) is 46.5 Å². The molecule has 0 amide bonds. The van der Waals surface area contributed by atoms with Crippen LogP contribution >= 0.6 is 11.6 Å². The minimum atomic E-state index is 0.698. The first kappa shape index (κ1) is 12.1. The van der Waals surface area contributed by atoms with Gasteiger partial charge in [-0.3, -0.25) is 0 Å². The zero-order valence-corrected chi connectivity index (χ0v) is 11.3. The number of rotatable bonds is 3. The molecule has 1 aromatic heterocycles. The Morgan fingerprint density at radius 2 is 1.95 bits per heavy atom. The second kappa shape index (κ2) is 4.94. The molecule has 1 heterocycles. The van der Waals surface area contributed by atoms with Gasteiger partial charge in [-0.1, -0.05) is 41.4 Å². The summed E-state index contributed by atoms with van der Waals surface area (Å²) >= 11 is 5.94. The molecule has 2 aromatic carbocycles. The maximum absolute atomic E-state index is 5.94. The SMILES string of the molecule is Cc1ccc(CNc2nc3cc(Cl)ccc3[nH]2)cc1. The number of anilines is 1. The molecule has 96 valence electrons. The van der Waals surface area contributed by atoms with Gasteiger partial charge in [-0.05, 0) is 30.7 Å². The number of fused-ring (bicyclic) bond motifs is 1. The number of aromatic amines is 1. The number of aryl methyl sites for hydroxylation is 1. The largest absolute Gasteiger partial charge is 0.352 e. The Bertz CT molecular complexity index is 701. The molecule has 0 aliphatic heterocycles. The molecule has 19 heavy (non-hydrogen) atoms. The Morgan fingerprint density at radius 3 is 2.74 bits per heavy atom. The highest BCUT2D eigenvalue weighted by Crippen LogP contribution is 2.19. The zero-order valence-electron chi connectivity index (χ0n) is 10.6. The highest BCUT2D eigenvalue weighted by atomic mass is 35.5. The minimum absolute atomic E-state index is 0.698. The van der Waals surface area contributed by atoms with Gasteiger partial charge in [-0.2, -0.15) is 0 Å². The highest BCUT2D eigenvalue weighted by molar-refractivity contribution is 6.31. The molecular weight excluding hydrogens is 258 g/mol. The Hall–Kier alpha value is -2.00. The maximum atomic E-state index is 5.94. The van der Waals surface area contributed by atoms with Crippen LogP contribution < -0.4 is 5.32 Å². The summed E-state index contributed by atoms with van der Waals surface area (Å²) in [6.45, 7) is 2.83. The Labute approximate surface area is 116 Å². The number of halogens is 1. The number of H-pyrrole nitrogens is 1. The van der Waals surface area contributed by atoms with Gasteiger partial charge in [-0.15, -0.1) is 0 Å². The van der Waals surface area contributed by atoms with E-state index in [-0.39, 0.29) is 0 Å². The molecule has 2 N–H and O–H groups in total. The van der Waals surface area contributed by atoms with E-state index in [1.165, 1.54) is 11.1 Å². The molecule has 0 radical (unpaired) electrons. The minimum Gasteiger partial charge on any atom is -0.352 e. The lowest BCUT2D eigenvalue weighted by Gasteiger charge is -2.03. The van der Waals surface area contributed by atoms with Crippen LogP contribution in [0.2, 0.25) is 5.02 Å². The number of hydrogen-bond acceptors (Lipinski definition) is 2. The third-order valence-electron chi connectivity index (χ3n) is 3.03. The molecule has 0 saturated heterocycles. The third kappa shape index (κ3) is 2.71. The number of hydrogen-bond donors (Lipinski definition) is 2. The van der Waals surface area contributed by atoms with Gasteiger partial charge >= 0.3 is 0 Å². The first-order valence-electron chi connectivity index (χ1n) is 6.15. The topological polar surface area (TPSA) is 40.7 Å². The number of imidazole rings is 1. The van der Waals surface area contributed by atoms with Crippen molar-refractivity contribution in [3.05, 3.63) is 58.6 Å². The summed E-state index contributed by atoms with van der Waals surface area (Å²) < 4.78 is 0. The molecule has 3 aromatic rings. The van der Waals surface area contributed by atoms with Gasteiger partial charge in [0.25, 0.3) is 0 Å². The Balaban J connectivity index is 1.76. The average Bonchev–Trinajstić information content (AvgIpc) is 2.80. The first-order valence-corrected chi connectivity index (χ1v) is 6.53. The van der Waals surface area contributed by atoms with E-state index in [0.717, 1.165) is 23.5 Å². The maximum Gasteiger partial charge on any atom is 0.201 e. The van der Waals surface area contributed by atoms with Crippen LogP contribution in [0.3, 0.4) is 0 Å². The van der Waals surface area contributed by atoms with Gasteiger partial charge in [-0.25, -0.2) is 4.98 Å². The fourth-order valence-corrected chi connectivity index (χ4v) is 2.12. The fourth-order valence-electron chi connectivity index (χ4n) is 1.95. The van der Waals surface area contributed by atoms with Crippen LogP contribution in [0.1, 0.15) is 11.1 Å². The second-order valence-electron chi connectivity index (χ2n) is 4.59. The van der Waals surface area contributed by atoms with Crippen LogP contribution in [0.25, 0.3) is 11.0 Å². The molecule has 4 heteroatoms. The van der Waals surface area contributed by atoms with Crippen molar-refractivity contribution in [3.8, 4) is 0 Å². The number of aromatic nitrogens is 2. The van der Waals surface area contributed by atoms with E-state index < -0.39 is 0 Å². The summed E-state index contributed by atoms with van der Waals surface area (Å²) in [6, 6.07) is 14.1. The van der Waals surface area contributed by atoms with Crippen molar-refractivity contribution in [1.82, 2.24) is 9.97 Å². The summed E-state index contributed by atoms with van der Waals surface area (Å²) in [4.78, 5) is 7.68. The number of nitrogens with one attached hydrogen (secondary N) is 2. The Kier molecular flexibility index (Phi) is 3.13. The van der Waals surface area contributed by atoms with Crippen LogP contribution in [0.5, 0.6) is 0 Å². The summed E-state index contributed by atoms with van der Waals surface area (Å²) in [5.41, 5.74) is 4.35. The predicted molar refractivity (Wildman–Crippen MR) is 79.6 cm³/mol. The van der Waals surface area contributed by atoms with Gasteiger partial charge in [0.2, 0.25) is 5.95 Å². The quantitative estimate of drug-likeness (QED) is 0.752. The molecule has 0 fully saturated rings. The van der Waals surface area contributed by atoms with Gasteiger partial charge in [0.15, 0.2) is 0 Å². The van der Waals surface area contributed by atoms with Crippen molar-refractivity contribution in [3.63, 3.8) is 0 Å². The van der Waals surface area contributed by atoms with Crippen molar-refractivity contribution in [2.45, 2.75) is 13.5 Å².